The molecule has 0 saturated heterocycles. The molecule has 0 bridgehead atoms. The molecule has 2 rings (SSSR count). The van der Waals surface area contributed by atoms with Gasteiger partial charge in [-0.25, -0.2) is 14.6 Å². The molecule has 37 heavy (non-hydrogen) atoms. The lowest BCUT2D eigenvalue weighted by molar-refractivity contribution is -0.158. The molecule has 0 fully saturated rings. The van der Waals surface area contributed by atoms with E-state index in [1.807, 2.05) is 24.3 Å². The highest BCUT2D eigenvalue weighted by Crippen LogP contribution is 2.21. The Bertz CT molecular complexity index is 1000. The number of hydrogen-bond donors (Lipinski definition) is 2. The first-order valence-corrected chi connectivity index (χ1v) is 13.0. The minimum atomic E-state index is -1.08. The number of ether oxygens (including phenoxy) is 2. The van der Waals surface area contributed by atoms with Crippen molar-refractivity contribution in [2.45, 2.75) is 78.4 Å². The lowest BCUT2D eigenvalue weighted by Gasteiger charge is -2.24. The summed E-state index contributed by atoms with van der Waals surface area (Å²) >= 11 is 0. The first kappa shape index (κ1) is 29.7. The average molecular weight is 512 g/mol. The Morgan fingerprint density at radius 1 is 0.865 bits per heavy atom. The second-order valence-electron chi connectivity index (χ2n) is 9.43. The smallest absolute Gasteiger partial charge is 0.349 e. The zero-order chi connectivity index (χ0) is 27.3. The monoisotopic (exact) mass is 511 g/mol. The normalized spacial score (nSPS) is 10.9. The second kappa shape index (κ2) is 14.9. The number of hydrazine groups is 1. The number of carbonyl (C=O) groups excluding carboxylic acids is 3. The number of nitrogens with zero attached hydrogens (tertiary/aromatic N) is 1. The highest BCUT2D eigenvalue weighted by molar-refractivity contribution is 5.81. The highest BCUT2D eigenvalue weighted by atomic mass is 16.6. The first-order valence-electron chi connectivity index (χ1n) is 13.0. The average Bonchev–Trinajstić information content (AvgIpc) is 2.88. The molecule has 0 aromatic heterocycles. The molecule has 0 atom stereocenters. The summed E-state index contributed by atoms with van der Waals surface area (Å²) in [5.41, 5.74) is 4.90. The van der Waals surface area contributed by atoms with Crippen LogP contribution >= 0.6 is 0 Å². The molecule has 0 unspecified atom stereocenters. The van der Waals surface area contributed by atoms with E-state index in [0.29, 0.717) is 25.2 Å². The molecule has 0 aliphatic heterocycles. The van der Waals surface area contributed by atoms with Gasteiger partial charge in [0.2, 0.25) is 5.91 Å². The summed E-state index contributed by atoms with van der Waals surface area (Å²) in [7, 11) is 1.54. The minimum Gasteiger partial charge on any atom is -0.476 e. The molecular formula is C29H41N3O5. The van der Waals surface area contributed by atoms with Crippen LogP contribution in [0, 0.1) is 0 Å². The Morgan fingerprint density at radius 2 is 1.43 bits per heavy atom. The summed E-state index contributed by atoms with van der Waals surface area (Å²) < 4.78 is 10.8. The van der Waals surface area contributed by atoms with Crippen molar-refractivity contribution in [2.24, 2.45) is 0 Å². The van der Waals surface area contributed by atoms with Crippen molar-refractivity contribution >= 4 is 17.9 Å². The highest BCUT2D eigenvalue weighted by Gasteiger charge is 2.31. The molecule has 3 amide bonds. The fourth-order valence-electron chi connectivity index (χ4n) is 3.70. The maximum Gasteiger partial charge on any atom is 0.349 e. The van der Waals surface area contributed by atoms with Crippen molar-refractivity contribution in [1.29, 1.82) is 0 Å². The summed E-state index contributed by atoms with van der Waals surface area (Å²) in [5.74, 6) is -0.0710. The van der Waals surface area contributed by atoms with Crippen molar-refractivity contribution in [2.75, 3.05) is 13.7 Å². The fourth-order valence-corrected chi connectivity index (χ4v) is 3.70. The Labute approximate surface area is 220 Å². The summed E-state index contributed by atoms with van der Waals surface area (Å²) in [6.07, 6.45) is 4.91. The van der Waals surface area contributed by atoms with E-state index < -0.39 is 11.6 Å². The Kier molecular flexibility index (Phi) is 11.9. The van der Waals surface area contributed by atoms with Crippen molar-refractivity contribution in [3.05, 3.63) is 65.2 Å². The molecule has 2 aromatic carbocycles. The van der Waals surface area contributed by atoms with Gasteiger partial charge in [0.1, 0.15) is 5.75 Å². The number of rotatable bonds is 13. The van der Waals surface area contributed by atoms with Gasteiger partial charge < -0.3 is 14.8 Å². The lowest BCUT2D eigenvalue weighted by Crippen LogP contribution is -2.49. The summed E-state index contributed by atoms with van der Waals surface area (Å²) in [5, 5.41) is 3.88. The summed E-state index contributed by atoms with van der Waals surface area (Å²) in [6.45, 7) is 7.84. The number of esters is 1. The maximum absolute atomic E-state index is 12.6. The second-order valence-corrected chi connectivity index (χ2v) is 9.43. The number of urea groups is 1. The number of amides is 3. The number of carbonyl (C=O) groups is 3. The van der Waals surface area contributed by atoms with Gasteiger partial charge >= 0.3 is 12.0 Å². The Balaban J connectivity index is 1.84. The third kappa shape index (κ3) is 10.1. The van der Waals surface area contributed by atoms with Gasteiger partial charge in [0.05, 0.1) is 13.2 Å². The van der Waals surface area contributed by atoms with Crippen molar-refractivity contribution in [3.8, 4) is 5.75 Å². The molecule has 2 N–H and O–H groups in total. The SMILES string of the molecule is CCCCc1ccc(CN(NC(=O)CCCc2ccc(OC(C)(C)C(=O)OCC)cc2)C(=O)NC)cc1. The van der Waals surface area contributed by atoms with E-state index in [1.165, 1.54) is 17.6 Å². The Morgan fingerprint density at radius 3 is 2.00 bits per heavy atom. The predicted molar refractivity (Wildman–Crippen MR) is 144 cm³/mol. The lowest BCUT2D eigenvalue weighted by atomic mass is 10.1. The molecule has 0 radical (unpaired) electrons. The number of hydrogen-bond acceptors (Lipinski definition) is 5. The summed E-state index contributed by atoms with van der Waals surface area (Å²) in [6, 6.07) is 15.2. The van der Waals surface area contributed by atoms with Crippen LogP contribution in [0.4, 0.5) is 4.79 Å². The fraction of sp³-hybridized carbons (Fsp3) is 0.483. The minimum absolute atomic E-state index is 0.223. The zero-order valence-electron chi connectivity index (χ0n) is 22.8. The third-order valence-corrected chi connectivity index (χ3v) is 5.83. The Hall–Kier alpha value is -3.55. The van der Waals surface area contributed by atoms with Crippen LogP contribution in [-0.2, 0) is 33.7 Å². The van der Waals surface area contributed by atoms with Crippen molar-refractivity contribution in [3.63, 3.8) is 0 Å². The largest absolute Gasteiger partial charge is 0.476 e. The van der Waals surface area contributed by atoms with Crippen LogP contribution in [0.15, 0.2) is 48.5 Å². The predicted octanol–water partition coefficient (Wildman–Crippen LogP) is 4.95. The molecule has 202 valence electrons. The standard InChI is InChI=1S/C29H41N3O5/c1-6-8-10-22-13-15-24(16-14-22)21-32(28(35)30-5)31-26(33)12-9-11-23-17-19-25(20-18-23)37-29(3,4)27(34)36-7-2/h13-20H,6-12,21H2,1-5H3,(H,30,35)(H,31,33). The molecule has 8 heteroatoms. The van der Waals surface area contributed by atoms with Crippen LogP contribution in [0.5, 0.6) is 5.75 Å². The quantitative estimate of drug-likeness (QED) is 0.293. The van der Waals surface area contributed by atoms with Crippen LogP contribution in [-0.4, -0.2) is 42.2 Å². The van der Waals surface area contributed by atoms with E-state index in [1.54, 1.807) is 32.9 Å². The zero-order valence-corrected chi connectivity index (χ0v) is 22.8. The van der Waals surface area contributed by atoms with E-state index >= 15 is 0 Å². The molecule has 2 aromatic rings. The van der Waals surface area contributed by atoms with Gasteiger partial charge in [0.25, 0.3) is 0 Å². The molecule has 0 aliphatic rings. The molecule has 0 saturated carbocycles. The first-order chi connectivity index (χ1) is 17.7. The molecular weight excluding hydrogens is 470 g/mol. The van der Waals surface area contributed by atoms with Gasteiger partial charge in [-0.15, -0.1) is 0 Å². The van der Waals surface area contributed by atoms with E-state index in [-0.39, 0.29) is 24.9 Å². The van der Waals surface area contributed by atoms with Crippen LogP contribution in [0.2, 0.25) is 0 Å². The van der Waals surface area contributed by atoms with E-state index in [9.17, 15) is 14.4 Å². The van der Waals surface area contributed by atoms with E-state index in [0.717, 1.165) is 30.4 Å². The third-order valence-electron chi connectivity index (χ3n) is 5.83. The number of unbranched alkanes of at least 4 members (excludes halogenated alkanes) is 1. The number of nitrogens with one attached hydrogen (secondary N) is 2. The maximum atomic E-state index is 12.6. The van der Waals surface area contributed by atoms with Crippen molar-refractivity contribution < 1.29 is 23.9 Å². The number of benzene rings is 2. The van der Waals surface area contributed by atoms with Crippen LogP contribution in [0.1, 0.15) is 70.1 Å². The number of aryl methyl sites for hydroxylation is 2. The van der Waals surface area contributed by atoms with Gasteiger partial charge in [-0.2, -0.15) is 0 Å². The van der Waals surface area contributed by atoms with Gasteiger partial charge in [0, 0.05) is 13.5 Å². The van der Waals surface area contributed by atoms with Gasteiger partial charge in [0.15, 0.2) is 5.60 Å². The molecule has 0 aliphatic carbocycles. The van der Waals surface area contributed by atoms with Crippen LogP contribution in [0.25, 0.3) is 0 Å². The van der Waals surface area contributed by atoms with Gasteiger partial charge in [-0.3, -0.25) is 10.2 Å². The van der Waals surface area contributed by atoms with E-state index in [2.05, 4.69) is 29.8 Å². The van der Waals surface area contributed by atoms with Crippen molar-refractivity contribution in [1.82, 2.24) is 15.8 Å². The van der Waals surface area contributed by atoms with Crippen LogP contribution in [0.3, 0.4) is 0 Å². The molecule has 8 nitrogen and oxygen atoms in total. The van der Waals surface area contributed by atoms with Gasteiger partial charge in [-0.05, 0) is 75.3 Å². The summed E-state index contributed by atoms with van der Waals surface area (Å²) in [4.78, 5) is 36.9. The van der Waals surface area contributed by atoms with Crippen LogP contribution < -0.4 is 15.5 Å². The van der Waals surface area contributed by atoms with Gasteiger partial charge in [-0.1, -0.05) is 49.7 Å². The molecule has 0 heterocycles. The topological polar surface area (TPSA) is 97.0 Å². The molecule has 0 spiro atoms. The van der Waals surface area contributed by atoms with E-state index in [4.69, 9.17) is 9.47 Å².